The van der Waals surface area contributed by atoms with Crippen molar-refractivity contribution in [3.05, 3.63) is 34.4 Å². The first kappa shape index (κ1) is 17.0. The third-order valence-electron chi connectivity index (χ3n) is 4.99. The number of non-ortho nitro benzene ring substituents is 1. The van der Waals surface area contributed by atoms with Gasteiger partial charge in [0.25, 0.3) is 11.6 Å². The van der Waals surface area contributed by atoms with Crippen LogP contribution in [0.25, 0.3) is 0 Å². The molecule has 25 heavy (non-hydrogen) atoms. The molecule has 0 spiro atoms. The third kappa shape index (κ3) is 3.22. The average Bonchev–Trinajstić information content (AvgIpc) is 2.89. The first-order valence-corrected chi connectivity index (χ1v) is 8.13. The second kappa shape index (κ2) is 6.60. The van der Waals surface area contributed by atoms with Crippen molar-refractivity contribution in [2.75, 3.05) is 18.0 Å². The Balaban J connectivity index is 1.72. The standard InChI is InChI=1S/C16H18N4O5/c17-15(22)10-5-7-18(8-6-10)13-9-14(21)19(16(13)23)11-1-3-12(4-2-11)20(24)25/h1-4,10,13H,5-9H2,(H2,17,22)/p+1/t13-/m0/s1. The fraction of sp³-hybridized carbons (Fsp3) is 0.438. The molecule has 9 heteroatoms. The van der Waals surface area contributed by atoms with Crippen molar-refractivity contribution in [1.29, 1.82) is 0 Å². The monoisotopic (exact) mass is 347 g/mol. The van der Waals surface area contributed by atoms with Crippen molar-refractivity contribution < 1.29 is 24.2 Å². The molecule has 0 saturated carbocycles. The maximum Gasteiger partial charge on any atom is 0.292 e. The average molecular weight is 347 g/mol. The summed E-state index contributed by atoms with van der Waals surface area (Å²) in [5.41, 5.74) is 5.57. The maximum atomic E-state index is 12.7. The van der Waals surface area contributed by atoms with Crippen molar-refractivity contribution >= 4 is 29.1 Å². The van der Waals surface area contributed by atoms with Crippen LogP contribution < -0.4 is 15.5 Å². The van der Waals surface area contributed by atoms with Crippen LogP contribution in [0, 0.1) is 16.0 Å². The highest BCUT2D eigenvalue weighted by molar-refractivity contribution is 6.21. The summed E-state index contributed by atoms with van der Waals surface area (Å²) >= 11 is 0. The van der Waals surface area contributed by atoms with E-state index >= 15 is 0 Å². The molecule has 1 atom stereocenters. The molecule has 1 aromatic rings. The molecule has 2 aliphatic rings. The van der Waals surface area contributed by atoms with Gasteiger partial charge in [-0.25, -0.2) is 4.90 Å². The van der Waals surface area contributed by atoms with Crippen molar-refractivity contribution in [2.24, 2.45) is 11.7 Å². The lowest BCUT2D eigenvalue weighted by molar-refractivity contribution is -0.920. The highest BCUT2D eigenvalue weighted by atomic mass is 16.6. The van der Waals surface area contributed by atoms with Crippen molar-refractivity contribution in [3.63, 3.8) is 0 Å². The number of nitrogens with one attached hydrogen (secondary N) is 1. The zero-order valence-electron chi connectivity index (χ0n) is 13.5. The van der Waals surface area contributed by atoms with Crippen LogP contribution in [-0.4, -0.2) is 41.8 Å². The van der Waals surface area contributed by atoms with E-state index in [0.29, 0.717) is 31.6 Å². The summed E-state index contributed by atoms with van der Waals surface area (Å²) in [5, 5.41) is 10.7. The Morgan fingerprint density at radius 1 is 1.20 bits per heavy atom. The number of imide groups is 1. The number of hydrogen-bond donors (Lipinski definition) is 2. The van der Waals surface area contributed by atoms with E-state index < -0.39 is 11.0 Å². The van der Waals surface area contributed by atoms with Crippen molar-refractivity contribution in [2.45, 2.75) is 25.3 Å². The first-order valence-electron chi connectivity index (χ1n) is 8.13. The Morgan fingerprint density at radius 2 is 1.80 bits per heavy atom. The van der Waals surface area contributed by atoms with E-state index in [0.717, 1.165) is 9.80 Å². The van der Waals surface area contributed by atoms with Crippen molar-refractivity contribution in [1.82, 2.24) is 0 Å². The van der Waals surface area contributed by atoms with Gasteiger partial charge in [-0.2, -0.15) is 0 Å². The van der Waals surface area contributed by atoms with Crippen LogP contribution in [0.4, 0.5) is 11.4 Å². The molecule has 3 amide bonds. The molecule has 0 radical (unpaired) electrons. The van der Waals surface area contributed by atoms with Crippen molar-refractivity contribution in [3.8, 4) is 0 Å². The Labute approximate surface area is 143 Å². The molecule has 2 heterocycles. The van der Waals surface area contributed by atoms with Crippen LogP contribution in [0.2, 0.25) is 0 Å². The molecule has 3 N–H and O–H groups in total. The van der Waals surface area contributed by atoms with E-state index in [2.05, 4.69) is 0 Å². The van der Waals surface area contributed by atoms with Crippen LogP contribution in [0.1, 0.15) is 19.3 Å². The van der Waals surface area contributed by atoms with Gasteiger partial charge >= 0.3 is 0 Å². The molecule has 2 saturated heterocycles. The van der Waals surface area contributed by atoms with E-state index in [1.54, 1.807) is 0 Å². The number of nitro groups is 1. The zero-order valence-corrected chi connectivity index (χ0v) is 13.5. The summed E-state index contributed by atoms with van der Waals surface area (Å²) in [6.07, 6.45) is 1.33. The molecule has 2 fully saturated rings. The van der Waals surface area contributed by atoms with Crippen LogP contribution in [0.3, 0.4) is 0 Å². The van der Waals surface area contributed by atoms with E-state index in [1.807, 2.05) is 0 Å². The number of carbonyl (C=O) groups excluding carboxylic acids is 3. The van der Waals surface area contributed by atoms with E-state index in [9.17, 15) is 24.5 Å². The largest absolute Gasteiger partial charge is 0.369 e. The number of likely N-dealkylation sites (tertiary alicyclic amines) is 1. The number of anilines is 1. The summed E-state index contributed by atoms with van der Waals surface area (Å²) < 4.78 is 0. The first-order chi connectivity index (χ1) is 11.9. The van der Waals surface area contributed by atoms with Gasteiger partial charge in [0.1, 0.15) is 0 Å². The van der Waals surface area contributed by atoms with E-state index in [1.165, 1.54) is 24.3 Å². The molecule has 1 aromatic carbocycles. The lowest BCUT2D eigenvalue weighted by Crippen LogP contribution is -3.17. The number of amides is 3. The summed E-state index contributed by atoms with van der Waals surface area (Å²) in [6.45, 7) is 1.23. The van der Waals surface area contributed by atoms with E-state index in [4.69, 9.17) is 5.73 Å². The Kier molecular flexibility index (Phi) is 4.49. The van der Waals surface area contributed by atoms with Gasteiger partial charge in [-0.3, -0.25) is 24.5 Å². The number of primary amides is 1. The molecule has 0 aromatic heterocycles. The summed E-state index contributed by atoms with van der Waals surface area (Å²) in [6, 6.07) is 4.88. The van der Waals surface area contributed by atoms with E-state index in [-0.39, 0.29) is 35.7 Å². The molecular weight excluding hydrogens is 328 g/mol. The zero-order chi connectivity index (χ0) is 18.1. The van der Waals surface area contributed by atoms with Gasteiger partial charge in [-0.05, 0) is 12.1 Å². The molecule has 0 aliphatic carbocycles. The van der Waals surface area contributed by atoms with Gasteiger partial charge in [-0.15, -0.1) is 0 Å². The number of nitro benzene ring substituents is 1. The lowest BCUT2D eigenvalue weighted by atomic mass is 9.95. The SMILES string of the molecule is NC(=O)C1CC[NH+]([C@H]2CC(=O)N(c3ccc([N+](=O)[O-])cc3)C2=O)CC1. The number of carbonyl (C=O) groups is 3. The van der Waals surface area contributed by atoms with Crippen LogP contribution in [-0.2, 0) is 14.4 Å². The lowest BCUT2D eigenvalue weighted by Gasteiger charge is -2.30. The number of rotatable bonds is 4. The highest BCUT2D eigenvalue weighted by Gasteiger charge is 2.46. The predicted octanol–water partition coefficient (Wildman–Crippen LogP) is -0.993. The highest BCUT2D eigenvalue weighted by Crippen LogP contribution is 2.24. The van der Waals surface area contributed by atoms with Crippen LogP contribution in [0.5, 0.6) is 0 Å². The second-order valence-electron chi connectivity index (χ2n) is 6.43. The Hall–Kier alpha value is -2.81. The normalized spacial score (nSPS) is 26.7. The topological polar surface area (TPSA) is 128 Å². The predicted molar refractivity (Wildman–Crippen MR) is 86.6 cm³/mol. The maximum absolute atomic E-state index is 12.7. The fourth-order valence-electron chi connectivity index (χ4n) is 3.57. The molecule has 0 unspecified atom stereocenters. The minimum absolute atomic E-state index is 0.0986. The molecule has 3 rings (SSSR count). The summed E-state index contributed by atoms with van der Waals surface area (Å²) in [5.74, 6) is -1.10. The van der Waals surface area contributed by atoms with Gasteiger partial charge < -0.3 is 10.6 Å². The van der Waals surface area contributed by atoms with Gasteiger partial charge in [0, 0.05) is 30.9 Å². The van der Waals surface area contributed by atoms with Gasteiger partial charge in [0.2, 0.25) is 11.8 Å². The minimum Gasteiger partial charge on any atom is -0.369 e. The molecule has 0 bridgehead atoms. The number of hydrogen-bond acceptors (Lipinski definition) is 5. The van der Waals surface area contributed by atoms with Crippen LogP contribution in [0.15, 0.2) is 24.3 Å². The molecule has 132 valence electrons. The quantitative estimate of drug-likeness (QED) is 0.410. The number of nitrogens with zero attached hydrogens (tertiary/aromatic N) is 2. The van der Waals surface area contributed by atoms with Crippen LogP contribution >= 0.6 is 0 Å². The molecular formula is C16H19N4O5+. The number of benzene rings is 1. The van der Waals surface area contributed by atoms with Gasteiger partial charge in [0.15, 0.2) is 6.04 Å². The van der Waals surface area contributed by atoms with Gasteiger partial charge in [0.05, 0.1) is 30.1 Å². The Morgan fingerprint density at radius 3 is 2.32 bits per heavy atom. The minimum atomic E-state index is -0.534. The Bertz CT molecular complexity index is 725. The number of quaternary nitrogens is 1. The van der Waals surface area contributed by atoms with Gasteiger partial charge in [-0.1, -0.05) is 0 Å². The molecule has 9 nitrogen and oxygen atoms in total. The fourth-order valence-corrected chi connectivity index (χ4v) is 3.57. The smallest absolute Gasteiger partial charge is 0.292 e. The molecule has 2 aliphatic heterocycles. The summed E-state index contributed by atoms with van der Waals surface area (Å²) in [4.78, 5) is 48.5. The summed E-state index contributed by atoms with van der Waals surface area (Å²) in [7, 11) is 0. The number of nitrogens with two attached hydrogens (primary N) is 1. The third-order valence-corrected chi connectivity index (χ3v) is 4.99. The number of piperidine rings is 1. The second-order valence-corrected chi connectivity index (χ2v) is 6.43.